The second-order valence-corrected chi connectivity index (χ2v) is 12.7. The quantitative estimate of drug-likeness (QED) is 0.173. The summed E-state index contributed by atoms with van der Waals surface area (Å²) in [5, 5.41) is 5.49. The van der Waals surface area contributed by atoms with Crippen LogP contribution in [0.25, 0.3) is 66.0 Å². The lowest BCUT2D eigenvalue weighted by molar-refractivity contribution is 0.673. The lowest BCUT2D eigenvalue weighted by Gasteiger charge is -2.25. The highest BCUT2D eigenvalue weighted by molar-refractivity contribution is 6.15. The Morgan fingerprint density at radius 1 is 0.520 bits per heavy atom. The number of hydrogen-bond donors (Lipinski definition) is 0. The average Bonchev–Trinajstić information content (AvgIpc) is 3.56. The van der Waals surface area contributed by atoms with Crippen LogP contribution in [0.15, 0.2) is 156 Å². The zero-order chi connectivity index (χ0) is 33.6. The van der Waals surface area contributed by atoms with Crippen molar-refractivity contribution in [1.29, 1.82) is 0 Å². The van der Waals surface area contributed by atoms with Crippen molar-refractivity contribution in [2.75, 3.05) is 4.90 Å². The van der Waals surface area contributed by atoms with Crippen LogP contribution in [0.2, 0.25) is 0 Å². The van der Waals surface area contributed by atoms with Gasteiger partial charge in [0.1, 0.15) is 11.2 Å². The molecular weight excluding hydrogens is 611 g/mol. The van der Waals surface area contributed by atoms with Crippen molar-refractivity contribution >= 4 is 60.9 Å². The number of aryl methyl sites for hydroxylation is 2. The smallest absolute Gasteiger partial charge is 0.235 e. The van der Waals surface area contributed by atoms with Gasteiger partial charge in [0.05, 0.1) is 11.2 Å². The van der Waals surface area contributed by atoms with Crippen molar-refractivity contribution in [1.82, 2.24) is 9.97 Å². The molecule has 4 heteroatoms. The summed E-state index contributed by atoms with van der Waals surface area (Å²) in [6, 6.07) is 53.3. The van der Waals surface area contributed by atoms with Gasteiger partial charge in [0.15, 0.2) is 0 Å². The SMILES string of the molecule is CCc1ccccc1-c1ccc(N(c2ccccc2)c2nc(-c3ccc4c(c3)oc3c5ccccc5ccc43)c3ccccc3n2)cc1CC. The second-order valence-electron chi connectivity index (χ2n) is 12.7. The van der Waals surface area contributed by atoms with Crippen LogP contribution in [0.3, 0.4) is 0 Å². The first-order valence-electron chi connectivity index (χ1n) is 17.4. The highest BCUT2D eigenvalue weighted by Crippen LogP contribution is 2.40. The largest absolute Gasteiger partial charge is 0.455 e. The fourth-order valence-electron chi connectivity index (χ4n) is 7.36. The first kappa shape index (κ1) is 29.8. The molecule has 0 saturated heterocycles. The fourth-order valence-corrected chi connectivity index (χ4v) is 7.36. The standard InChI is InChI=1S/C46H35N3O/c1-3-30-14-8-10-18-36(30)37-27-24-35(28-31(37)4-2)49(34-16-6-5-7-17-34)46-47-42-21-13-12-20-41(42)44(48-46)33-23-25-39-40-26-22-32-15-9-11-19-38(32)45(40)50-43(39)29-33/h5-29H,3-4H2,1-2H3. The first-order chi connectivity index (χ1) is 24.7. The third-order valence-corrected chi connectivity index (χ3v) is 9.86. The van der Waals surface area contributed by atoms with Crippen LogP contribution < -0.4 is 4.90 Å². The van der Waals surface area contributed by atoms with E-state index in [4.69, 9.17) is 14.4 Å². The predicted octanol–water partition coefficient (Wildman–Crippen LogP) is 12.6. The summed E-state index contributed by atoms with van der Waals surface area (Å²) >= 11 is 0. The number of anilines is 3. The summed E-state index contributed by atoms with van der Waals surface area (Å²) < 4.78 is 6.59. The number of para-hydroxylation sites is 2. The summed E-state index contributed by atoms with van der Waals surface area (Å²) in [4.78, 5) is 12.7. The maximum atomic E-state index is 6.59. The van der Waals surface area contributed by atoms with Gasteiger partial charge < -0.3 is 4.42 Å². The van der Waals surface area contributed by atoms with E-state index in [0.29, 0.717) is 5.95 Å². The van der Waals surface area contributed by atoms with Gasteiger partial charge in [0.25, 0.3) is 0 Å². The molecule has 0 radical (unpaired) electrons. The van der Waals surface area contributed by atoms with Crippen molar-refractivity contribution in [3.63, 3.8) is 0 Å². The lowest BCUT2D eigenvalue weighted by atomic mass is 9.92. The normalized spacial score (nSPS) is 11.6. The molecule has 0 unspecified atom stereocenters. The molecule has 0 spiro atoms. The predicted molar refractivity (Wildman–Crippen MR) is 209 cm³/mol. The number of furan rings is 1. The molecule has 0 aliphatic carbocycles. The van der Waals surface area contributed by atoms with Crippen molar-refractivity contribution < 1.29 is 4.42 Å². The Balaban J connectivity index is 1.23. The molecule has 0 aliphatic rings. The van der Waals surface area contributed by atoms with Crippen LogP contribution in [-0.4, -0.2) is 9.97 Å². The van der Waals surface area contributed by atoms with Gasteiger partial charge in [-0.25, -0.2) is 9.97 Å². The highest BCUT2D eigenvalue weighted by atomic mass is 16.3. The average molecular weight is 646 g/mol. The molecule has 2 aromatic heterocycles. The highest BCUT2D eigenvalue weighted by Gasteiger charge is 2.21. The zero-order valence-electron chi connectivity index (χ0n) is 28.1. The van der Waals surface area contributed by atoms with Crippen LogP contribution >= 0.6 is 0 Å². The fraction of sp³-hybridized carbons (Fsp3) is 0.0870. The Morgan fingerprint density at radius 2 is 1.24 bits per heavy atom. The molecule has 0 atom stereocenters. The van der Waals surface area contributed by atoms with Crippen LogP contribution in [0.4, 0.5) is 17.3 Å². The molecule has 2 heterocycles. The van der Waals surface area contributed by atoms with Gasteiger partial charge in [-0.15, -0.1) is 0 Å². The molecule has 7 aromatic carbocycles. The van der Waals surface area contributed by atoms with Crippen molar-refractivity contribution in [3.05, 3.63) is 163 Å². The first-order valence-corrected chi connectivity index (χ1v) is 17.4. The molecule has 0 bridgehead atoms. The Labute approximate surface area is 291 Å². The third-order valence-electron chi connectivity index (χ3n) is 9.86. The third kappa shape index (κ3) is 5.00. The van der Waals surface area contributed by atoms with E-state index in [1.54, 1.807) is 0 Å². The summed E-state index contributed by atoms with van der Waals surface area (Å²) in [5.41, 5.74) is 11.7. The minimum atomic E-state index is 0.615. The number of rotatable bonds is 7. The number of aromatic nitrogens is 2. The number of benzene rings is 7. The number of fused-ring (bicyclic) bond motifs is 6. The van der Waals surface area contributed by atoms with E-state index < -0.39 is 0 Å². The summed E-state index contributed by atoms with van der Waals surface area (Å²) in [6.07, 6.45) is 1.89. The Morgan fingerprint density at radius 3 is 2.10 bits per heavy atom. The van der Waals surface area contributed by atoms with E-state index >= 15 is 0 Å². The van der Waals surface area contributed by atoms with E-state index in [1.807, 2.05) is 12.1 Å². The molecule has 0 aliphatic heterocycles. The van der Waals surface area contributed by atoms with E-state index in [2.05, 4.69) is 158 Å². The zero-order valence-corrected chi connectivity index (χ0v) is 28.1. The van der Waals surface area contributed by atoms with E-state index in [9.17, 15) is 0 Å². The van der Waals surface area contributed by atoms with Crippen LogP contribution in [0, 0.1) is 0 Å². The summed E-state index contributed by atoms with van der Waals surface area (Å²) in [5.74, 6) is 0.615. The van der Waals surface area contributed by atoms with E-state index in [0.717, 1.165) is 73.7 Å². The van der Waals surface area contributed by atoms with Crippen molar-refractivity contribution in [2.24, 2.45) is 0 Å². The molecule has 240 valence electrons. The molecule has 9 rings (SSSR count). The Hall–Kier alpha value is -6.26. The summed E-state index contributed by atoms with van der Waals surface area (Å²) in [6.45, 7) is 4.45. The van der Waals surface area contributed by atoms with Gasteiger partial charge in [0, 0.05) is 38.5 Å². The molecule has 9 aromatic rings. The van der Waals surface area contributed by atoms with E-state index in [-0.39, 0.29) is 0 Å². The van der Waals surface area contributed by atoms with Gasteiger partial charge in [-0.1, -0.05) is 117 Å². The Bertz CT molecular complexity index is 2690. The van der Waals surface area contributed by atoms with Crippen LogP contribution in [0.1, 0.15) is 25.0 Å². The molecular formula is C46H35N3O. The Kier molecular flexibility index (Phi) is 7.35. The number of hydrogen-bond acceptors (Lipinski definition) is 4. The molecule has 0 fully saturated rings. The van der Waals surface area contributed by atoms with Gasteiger partial charge in [0.2, 0.25) is 5.95 Å². The molecule has 50 heavy (non-hydrogen) atoms. The molecule has 0 saturated carbocycles. The lowest BCUT2D eigenvalue weighted by Crippen LogP contribution is -2.14. The van der Waals surface area contributed by atoms with E-state index in [1.165, 1.54) is 27.6 Å². The monoisotopic (exact) mass is 645 g/mol. The maximum Gasteiger partial charge on any atom is 0.235 e. The van der Waals surface area contributed by atoms with Gasteiger partial charge in [-0.2, -0.15) is 0 Å². The van der Waals surface area contributed by atoms with Gasteiger partial charge >= 0.3 is 0 Å². The van der Waals surface area contributed by atoms with Crippen LogP contribution in [0.5, 0.6) is 0 Å². The molecule has 4 nitrogen and oxygen atoms in total. The summed E-state index contributed by atoms with van der Waals surface area (Å²) in [7, 11) is 0. The van der Waals surface area contributed by atoms with Crippen molar-refractivity contribution in [3.8, 4) is 22.4 Å². The molecule has 0 amide bonds. The number of nitrogens with zero attached hydrogens (tertiary/aromatic N) is 3. The second kappa shape index (κ2) is 12.3. The minimum absolute atomic E-state index is 0.615. The minimum Gasteiger partial charge on any atom is -0.455 e. The van der Waals surface area contributed by atoms with Gasteiger partial charge in [-0.05, 0) is 89.0 Å². The maximum absolute atomic E-state index is 6.59. The topological polar surface area (TPSA) is 42.2 Å². The van der Waals surface area contributed by atoms with Gasteiger partial charge in [-0.3, -0.25) is 4.90 Å². The van der Waals surface area contributed by atoms with Crippen molar-refractivity contribution in [2.45, 2.75) is 26.7 Å². The molecule has 0 N–H and O–H groups in total. The van der Waals surface area contributed by atoms with Crippen LogP contribution in [-0.2, 0) is 12.8 Å².